The summed E-state index contributed by atoms with van der Waals surface area (Å²) in [6, 6.07) is 5.92. The normalized spacial score (nSPS) is 22.0. The second kappa shape index (κ2) is 10.6. The number of nitriles is 1. The predicted molar refractivity (Wildman–Crippen MR) is 161 cm³/mol. The number of carboxylic acid groups (broad SMARTS) is 1. The highest BCUT2D eigenvalue weighted by molar-refractivity contribution is 7.23. The summed E-state index contributed by atoms with van der Waals surface area (Å²) in [6.45, 7) is 1.98. The van der Waals surface area contributed by atoms with Gasteiger partial charge in [0, 0.05) is 48.3 Å². The number of aliphatic carboxylic acids is 1. The highest BCUT2D eigenvalue weighted by Crippen LogP contribution is 2.46. The van der Waals surface area contributed by atoms with Crippen LogP contribution < -0.4 is 15.4 Å². The first-order chi connectivity index (χ1) is 21.1. The number of nitrogen functional groups attached to an aromatic ring is 1. The van der Waals surface area contributed by atoms with Gasteiger partial charge < -0.3 is 20.5 Å². The monoisotopic (exact) mass is 642 g/mol. The molecule has 14 heteroatoms. The molecule has 2 aromatic heterocycles. The quantitative estimate of drug-likeness (QED) is 0.258. The minimum atomic E-state index is -0.960. The van der Waals surface area contributed by atoms with Crippen LogP contribution in [0.4, 0.5) is 24.0 Å². The van der Waals surface area contributed by atoms with Crippen LogP contribution >= 0.6 is 22.9 Å². The standard InChI is InChI=1S/C30H26ClF3N6O3S/c31-19-7-17-25(24(34)23(19)16-2-3-20(33)26-22(16)18(9-35)27(36)44-26)37-29(38-28(17)39-10-14(11-39)6-21(41)42)43-13-30-4-1-5-40(30)12-15(32)8-30/h2-3,7,14-15H,1,4-6,8,10-13,36H2,(H,41,42)/t15-,30+/m1/s1. The number of hydrogen-bond donors (Lipinski definition) is 2. The molecule has 7 rings (SSSR count). The van der Waals surface area contributed by atoms with Gasteiger partial charge in [0.15, 0.2) is 5.82 Å². The van der Waals surface area contributed by atoms with Crippen LogP contribution in [-0.4, -0.2) is 70.4 Å². The van der Waals surface area contributed by atoms with Crippen LogP contribution in [0.15, 0.2) is 18.2 Å². The minimum Gasteiger partial charge on any atom is -0.481 e. The number of benzene rings is 2. The first-order valence-corrected chi connectivity index (χ1v) is 15.4. The third kappa shape index (κ3) is 4.58. The summed E-state index contributed by atoms with van der Waals surface area (Å²) in [6.07, 6.45) is 1.03. The summed E-state index contributed by atoms with van der Waals surface area (Å²) >= 11 is 7.61. The summed E-state index contributed by atoms with van der Waals surface area (Å²) in [5.41, 5.74) is 5.53. The molecule has 228 valence electrons. The van der Waals surface area contributed by atoms with Gasteiger partial charge >= 0.3 is 12.0 Å². The number of ether oxygens (including phenoxy) is 1. The van der Waals surface area contributed by atoms with E-state index in [-0.39, 0.29) is 72.7 Å². The van der Waals surface area contributed by atoms with Gasteiger partial charge in [-0.05, 0) is 37.1 Å². The number of carboxylic acids is 1. The second-order valence-corrected chi connectivity index (χ2v) is 13.2. The van der Waals surface area contributed by atoms with Gasteiger partial charge in [0.25, 0.3) is 0 Å². The molecule has 0 bridgehead atoms. The number of nitrogens with two attached hydrogens (primary N) is 1. The van der Waals surface area contributed by atoms with E-state index in [1.165, 1.54) is 18.2 Å². The van der Waals surface area contributed by atoms with Crippen molar-refractivity contribution in [2.24, 2.45) is 5.92 Å². The first kappa shape index (κ1) is 28.9. The third-order valence-electron chi connectivity index (χ3n) is 8.99. The molecular weight excluding hydrogens is 617 g/mol. The Morgan fingerprint density at radius 1 is 1.30 bits per heavy atom. The first-order valence-electron chi connectivity index (χ1n) is 14.2. The molecule has 0 radical (unpaired) electrons. The summed E-state index contributed by atoms with van der Waals surface area (Å²) < 4.78 is 52.0. The average Bonchev–Trinajstić information content (AvgIpc) is 3.60. The van der Waals surface area contributed by atoms with Crippen molar-refractivity contribution in [2.45, 2.75) is 37.4 Å². The molecule has 0 unspecified atom stereocenters. The van der Waals surface area contributed by atoms with Crippen LogP contribution in [0, 0.1) is 28.9 Å². The molecule has 44 heavy (non-hydrogen) atoms. The fourth-order valence-corrected chi connectivity index (χ4v) is 8.23. The van der Waals surface area contributed by atoms with Crippen molar-refractivity contribution in [3.05, 3.63) is 40.4 Å². The molecule has 4 aromatic rings. The van der Waals surface area contributed by atoms with Crippen molar-refractivity contribution in [3.8, 4) is 23.2 Å². The Kier molecular flexibility index (Phi) is 6.99. The van der Waals surface area contributed by atoms with Crippen LogP contribution in [0.3, 0.4) is 0 Å². The molecule has 3 fully saturated rings. The molecule has 9 nitrogen and oxygen atoms in total. The van der Waals surface area contributed by atoms with Crippen LogP contribution in [0.25, 0.3) is 32.1 Å². The van der Waals surface area contributed by atoms with Gasteiger partial charge in [0.2, 0.25) is 0 Å². The van der Waals surface area contributed by atoms with Crippen molar-refractivity contribution in [1.82, 2.24) is 14.9 Å². The topological polar surface area (TPSA) is 129 Å². The highest BCUT2D eigenvalue weighted by atomic mass is 35.5. The summed E-state index contributed by atoms with van der Waals surface area (Å²) in [7, 11) is 0. The molecule has 3 N–H and O–H groups in total. The Labute approximate surface area is 258 Å². The van der Waals surface area contributed by atoms with Gasteiger partial charge in [0.05, 0.1) is 27.2 Å². The van der Waals surface area contributed by atoms with Gasteiger partial charge in [-0.1, -0.05) is 17.7 Å². The van der Waals surface area contributed by atoms with E-state index in [1.54, 1.807) is 0 Å². The molecule has 5 heterocycles. The zero-order valence-electron chi connectivity index (χ0n) is 23.2. The van der Waals surface area contributed by atoms with E-state index in [1.807, 2.05) is 11.0 Å². The van der Waals surface area contributed by atoms with E-state index < -0.39 is 29.3 Å². The summed E-state index contributed by atoms with van der Waals surface area (Å²) in [5, 5.41) is 19.5. The number of carbonyl (C=O) groups is 1. The van der Waals surface area contributed by atoms with E-state index in [0.717, 1.165) is 30.7 Å². The number of aromatic nitrogens is 2. The maximum atomic E-state index is 16.7. The number of rotatable bonds is 7. The number of anilines is 2. The lowest BCUT2D eigenvalue weighted by molar-refractivity contribution is -0.138. The number of halogens is 4. The van der Waals surface area contributed by atoms with Crippen molar-refractivity contribution in [1.29, 1.82) is 5.26 Å². The van der Waals surface area contributed by atoms with E-state index in [0.29, 0.717) is 31.9 Å². The summed E-state index contributed by atoms with van der Waals surface area (Å²) in [5.74, 6) is -2.12. The van der Waals surface area contributed by atoms with Gasteiger partial charge in [-0.2, -0.15) is 15.2 Å². The molecule has 3 saturated heterocycles. The van der Waals surface area contributed by atoms with E-state index >= 15 is 4.39 Å². The number of nitrogens with zero attached hydrogens (tertiary/aromatic N) is 5. The molecule has 3 aliphatic heterocycles. The maximum absolute atomic E-state index is 16.7. The fourth-order valence-electron chi connectivity index (χ4n) is 6.99. The number of alkyl halides is 1. The second-order valence-electron chi connectivity index (χ2n) is 11.8. The van der Waals surface area contributed by atoms with Gasteiger partial charge in [-0.25, -0.2) is 13.2 Å². The molecule has 0 saturated carbocycles. The van der Waals surface area contributed by atoms with Gasteiger partial charge in [0.1, 0.15) is 41.0 Å². The predicted octanol–water partition coefficient (Wildman–Crippen LogP) is 5.76. The maximum Gasteiger partial charge on any atom is 0.319 e. The molecule has 0 aliphatic carbocycles. The molecular formula is C30H26ClF3N6O3S. The van der Waals surface area contributed by atoms with E-state index in [4.69, 9.17) is 22.1 Å². The Morgan fingerprint density at radius 3 is 2.84 bits per heavy atom. The lowest BCUT2D eigenvalue weighted by atomic mass is 9.94. The molecule has 0 amide bonds. The van der Waals surface area contributed by atoms with Crippen LogP contribution in [0.1, 0.15) is 31.2 Å². The van der Waals surface area contributed by atoms with E-state index in [9.17, 15) is 23.9 Å². The Balaban J connectivity index is 1.36. The smallest absolute Gasteiger partial charge is 0.319 e. The lowest BCUT2D eigenvalue weighted by Gasteiger charge is -2.40. The van der Waals surface area contributed by atoms with Crippen LogP contribution in [-0.2, 0) is 4.79 Å². The number of hydrogen-bond acceptors (Lipinski definition) is 9. The average molecular weight is 643 g/mol. The molecule has 3 aliphatic rings. The Bertz CT molecular complexity index is 1890. The largest absolute Gasteiger partial charge is 0.481 e. The van der Waals surface area contributed by atoms with Gasteiger partial charge in [-0.3, -0.25) is 9.69 Å². The Hall–Kier alpha value is -3.86. The lowest BCUT2D eigenvalue weighted by Crippen LogP contribution is -2.48. The zero-order valence-corrected chi connectivity index (χ0v) is 24.8. The zero-order chi connectivity index (χ0) is 30.9. The van der Waals surface area contributed by atoms with Crippen molar-refractivity contribution in [2.75, 3.05) is 43.4 Å². The molecule has 2 aromatic carbocycles. The SMILES string of the molecule is N#Cc1c(N)sc2c(F)ccc(-c3c(Cl)cc4c(N5CC(CC(=O)O)C5)nc(OC[C@@]56CCCN5C[C@H](F)C6)nc4c3F)c12. The van der Waals surface area contributed by atoms with E-state index in [2.05, 4.69) is 14.9 Å². The van der Waals surface area contributed by atoms with Crippen molar-refractivity contribution in [3.63, 3.8) is 0 Å². The number of fused-ring (bicyclic) bond motifs is 3. The molecule has 2 atom stereocenters. The van der Waals surface area contributed by atoms with Crippen LogP contribution in [0.2, 0.25) is 5.02 Å². The third-order valence-corrected chi connectivity index (χ3v) is 10.3. The summed E-state index contributed by atoms with van der Waals surface area (Å²) in [4.78, 5) is 24.2. The minimum absolute atomic E-state index is 0.0156. The molecule has 0 spiro atoms. The van der Waals surface area contributed by atoms with Gasteiger partial charge in [-0.15, -0.1) is 11.3 Å². The van der Waals surface area contributed by atoms with Crippen molar-refractivity contribution >= 4 is 60.7 Å². The van der Waals surface area contributed by atoms with Crippen LogP contribution in [0.5, 0.6) is 6.01 Å². The fraction of sp³-hybridized carbons (Fsp3) is 0.400. The Morgan fingerprint density at radius 2 is 2.09 bits per heavy atom. The van der Waals surface area contributed by atoms with Crippen molar-refractivity contribution < 1.29 is 27.8 Å². The number of thiophene rings is 1. The highest BCUT2D eigenvalue weighted by Gasteiger charge is 2.49.